The SMILES string of the molecule is CC(C(=O)NC1CCN(Cc2ccccc2)CC1)C(N)c1ccccc1.Cl.Cl. The van der Waals surface area contributed by atoms with Crippen LogP contribution in [0.1, 0.15) is 36.9 Å². The van der Waals surface area contributed by atoms with Crippen LogP contribution in [0.2, 0.25) is 0 Å². The van der Waals surface area contributed by atoms with Gasteiger partial charge in [-0.1, -0.05) is 67.6 Å². The second-order valence-corrected chi connectivity index (χ2v) is 7.27. The molecule has 0 bridgehead atoms. The van der Waals surface area contributed by atoms with Crippen molar-refractivity contribution < 1.29 is 4.79 Å². The predicted octanol–water partition coefficient (Wildman–Crippen LogP) is 3.95. The fourth-order valence-electron chi connectivity index (χ4n) is 3.54. The number of carbonyl (C=O) groups excluding carboxylic acids is 1. The van der Waals surface area contributed by atoms with Gasteiger partial charge >= 0.3 is 0 Å². The summed E-state index contributed by atoms with van der Waals surface area (Å²) in [5.74, 6) is -0.178. The Morgan fingerprint density at radius 3 is 2.14 bits per heavy atom. The van der Waals surface area contributed by atoms with E-state index in [2.05, 4.69) is 34.5 Å². The summed E-state index contributed by atoms with van der Waals surface area (Å²) < 4.78 is 0. The lowest BCUT2D eigenvalue weighted by molar-refractivity contribution is -0.126. The summed E-state index contributed by atoms with van der Waals surface area (Å²) in [6, 6.07) is 20.4. The molecule has 1 fully saturated rings. The van der Waals surface area contributed by atoms with Gasteiger partial charge in [-0.2, -0.15) is 0 Å². The number of benzene rings is 2. The first-order valence-electron chi connectivity index (χ1n) is 9.50. The van der Waals surface area contributed by atoms with E-state index in [4.69, 9.17) is 5.73 Å². The van der Waals surface area contributed by atoms with Gasteiger partial charge in [-0.3, -0.25) is 9.69 Å². The molecule has 2 atom stereocenters. The Balaban J connectivity index is 0.00000196. The van der Waals surface area contributed by atoms with Crippen LogP contribution in [0, 0.1) is 5.92 Å². The first-order valence-corrected chi connectivity index (χ1v) is 9.50. The molecular formula is C22H31Cl2N3O. The molecule has 1 saturated heterocycles. The molecule has 2 aromatic rings. The van der Waals surface area contributed by atoms with Crippen molar-refractivity contribution in [3.8, 4) is 0 Å². The molecule has 2 unspecified atom stereocenters. The van der Waals surface area contributed by atoms with Crippen molar-refractivity contribution in [3.63, 3.8) is 0 Å². The Labute approximate surface area is 180 Å². The van der Waals surface area contributed by atoms with E-state index in [1.807, 2.05) is 43.3 Å². The average Bonchev–Trinajstić information content (AvgIpc) is 2.70. The number of amides is 1. The van der Waals surface area contributed by atoms with Crippen LogP contribution in [-0.4, -0.2) is 29.9 Å². The zero-order valence-corrected chi connectivity index (χ0v) is 17.9. The number of nitrogens with two attached hydrogens (primary N) is 1. The summed E-state index contributed by atoms with van der Waals surface area (Å²) in [5.41, 5.74) is 8.64. The Kier molecular flexibility index (Phi) is 10.5. The number of piperidine rings is 1. The number of nitrogens with zero attached hydrogens (tertiary/aromatic N) is 1. The third-order valence-corrected chi connectivity index (χ3v) is 5.32. The summed E-state index contributed by atoms with van der Waals surface area (Å²) in [5, 5.41) is 3.21. The van der Waals surface area contributed by atoms with Crippen LogP contribution in [0.4, 0.5) is 0 Å². The van der Waals surface area contributed by atoms with Crippen LogP contribution >= 0.6 is 24.8 Å². The molecule has 0 aromatic heterocycles. The lowest BCUT2D eigenvalue weighted by atomic mass is 9.94. The Morgan fingerprint density at radius 1 is 1.04 bits per heavy atom. The Hall–Kier alpha value is -1.59. The molecule has 0 spiro atoms. The maximum atomic E-state index is 12.6. The molecule has 154 valence electrons. The molecular weight excluding hydrogens is 393 g/mol. The number of rotatable bonds is 6. The standard InChI is InChI=1S/C22H29N3O.2ClH/c1-17(21(23)19-10-6-3-7-11-19)22(26)24-20-12-14-25(15-13-20)16-18-8-4-2-5-9-18;;/h2-11,17,20-21H,12-16,23H2,1H3,(H,24,26);2*1H. The summed E-state index contributed by atoms with van der Waals surface area (Å²) in [7, 11) is 0. The Bertz CT molecular complexity index is 691. The van der Waals surface area contributed by atoms with Gasteiger partial charge in [0.25, 0.3) is 0 Å². The van der Waals surface area contributed by atoms with E-state index in [1.165, 1.54) is 5.56 Å². The van der Waals surface area contributed by atoms with E-state index in [1.54, 1.807) is 0 Å². The van der Waals surface area contributed by atoms with Gasteiger partial charge in [0.1, 0.15) is 0 Å². The average molecular weight is 424 g/mol. The highest BCUT2D eigenvalue weighted by atomic mass is 35.5. The highest BCUT2D eigenvalue weighted by Gasteiger charge is 2.26. The van der Waals surface area contributed by atoms with E-state index < -0.39 is 0 Å². The van der Waals surface area contributed by atoms with Crippen molar-refractivity contribution in [2.24, 2.45) is 11.7 Å². The van der Waals surface area contributed by atoms with E-state index in [0.29, 0.717) is 0 Å². The number of hydrogen-bond acceptors (Lipinski definition) is 3. The Morgan fingerprint density at radius 2 is 1.57 bits per heavy atom. The lowest BCUT2D eigenvalue weighted by Gasteiger charge is -2.33. The fourth-order valence-corrected chi connectivity index (χ4v) is 3.54. The number of nitrogens with one attached hydrogen (secondary N) is 1. The molecule has 3 N–H and O–H groups in total. The lowest BCUT2D eigenvalue weighted by Crippen LogP contribution is -2.47. The second kappa shape index (κ2) is 12.1. The number of carbonyl (C=O) groups is 1. The molecule has 0 saturated carbocycles. The highest BCUT2D eigenvalue weighted by molar-refractivity contribution is 5.85. The van der Waals surface area contributed by atoms with Gasteiger partial charge in [0.15, 0.2) is 0 Å². The van der Waals surface area contributed by atoms with Crippen molar-refractivity contribution in [1.82, 2.24) is 10.2 Å². The number of hydrogen-bond donors (Lipinski definition) is 2. The van der Waals surface area contributed by atoms with Crippen molar-refractivity contribution in [2.75, 3.05) is 13.1 Å². The van der Waals surface area contributed by atoms with Gasteiger partial charge in [0, 0.05) is 31.7 Å². The zero-order chi connectivity index (χ0) is 18.4. The van der Waals surface area contributed by atoms with Gasteiger partial charge < -0.3 is 11.1 Å². The normalized spacial score (nSPS) is 16.9. The molecule has 0 radical (unpaired) electrons. The van der Waals surface area contributed by atoms with E-state index >= 15 is 0 Å². The van der Waals surface area contributed by atoms with Crippen molar-refractivity contribution in [2.45, 2.75) is 38.4 Å². The van der Waals surface area contributed by atoms with Gasteiger partial charge in [0.05, 0.1) is 5.92 Å². The minimum Gasteiger partial charge on any atom is -0.353 e. The van der Waals surface area contributed by atoms with Crippen LogP contribution < -0.4 is 11.1 Å². The molecule has 1 aliphatic heterocycles. The predicted molar refractivity (Wildman–Crippen MR) is 120 cm³/mol. The van der Waals surface area contributed by atoms with Crippen molar-refractivity contribution in [1.29, 1.82) is 0 Å². The van der Waals surface area contributed by atoms with Crippen LogP contribution in [0.25, 0.3) is 0 Å². The monoisotopic (exact) mass is 423 g/mol. The first kappa shape index (κ1) is 24.4. The largest absolute Gasteiger partial charge is 0.353 e. The van der Waals surface area contributed by atoms with Crippen LogP contribution in [0.3, 0.4) is 0 Å². The third kappa shape index (κ3) is 6.78. The molecule has 6 heteroatoms. The molecule has 2 aromatic carbocycles. The van der Waals surface area contributed by atoms with Gasteiger partial charge in [-0.25, -0.2) is 0 Å². The topological polar surface area (TPSA) is 58.4 Å². The summed E-state index contributed by atoms with van der Waals surface area (Å²) in [4.78, 5) is 15.0. The zero-order valence-electron chi connectivity index (χ0n) is 16.3. The minimum atomic E-state index is -0.269. The third-order valence-electron chi connectivity index (χ3n) is 5.32. The molecule has 28 heavy (non-hydrogen) atoms. The van der Waals surface area contributed by atoms with Crippen LogP contribution in [0.15, 0.2) is 60.7 Å². The van der Waals surface area contributed by atoms with E-state index in [0.717, 1.165) is 38.0 Å². The van der Waals surface area contributed by atoms with Crippen LogP contribution in [0.5, 0.6) is 0 Å². The highest BCUT2D eigenvalue weighted by Crippen LogP contribution is 2.20. The summed E-state index contributed by atoms with van der Waals surface area (Å²) in [6.45, 7) is 4.92. The molecule has 1 amide bonds. The molecule has 0 aliphatic carbocycles. The summed E-state index contributed by atoms with van der Waals surface area (Å²) in [6.07, 6.45) is 1.98. The fraction of sp³-hybridized carbons (Fsp3) is 0.409. The number of halogens is 2. The number of likely N-dealkylation sites (tertiary alicyclic amines) is 1. The maximum Gasteiger partial charge on any atom is 0.224 e. The summed E-state index contributed by atoms with van der Waals surface area (Å²) >= 11 is 0. The van der Waals surface area contributed by atoms with Gasteiger partial charge in [-0.05, 0) is 24.0 Å². The quantitative estimate of drug-likeness (QED) is 0.739. The van der Waals surface area contributed by atoms with Gasteiger partial charge in [0.2, 0.25) is 5.91 Å². The second-order valence-electron chi connectivity index (χ2n) is 7.27. The van der Waals surface area contributed by atoms with E-state index in [9.17, 15) is 4.79 Å². The van der Waals surface area contributed by atoms with Crippen LogP contribution in [-0.2, 0) is 11.3 Å². The van der Waals surface area contributed by atoms with E-state index in [-0.39, 0.29) is 48.7 Å². The van der Waals surface area contributed by atoms with Crippen molar-refractivity contribution >= 4 is 30.7 Å². The maximum absolute atomic E-state index is 12.6. The molecule has 3 rings (SSSR count). The molecule has 1 aliphatic rings. The molecule has 4 nitrogen and oxygen atoms in total. The van der Waals surface area contributed by atoms with Gasteiger partial charge in [-0.15, -0.1) is 24.8 Å². The molecule has 1 heterocycles. The minimum absolute atomic E-state index is 0. The first-order chi connectivity index (χ1) is 12.6. The smallest absolute Gasteiger partial charge is 0.224 e. The van der Waals surface area contributed by atoms with Crippen molar-refractivity contribution in [3.05, 3.63) is 71.8 Å².